The molecule has 0 spiro atoms. The molecule has 0 unspecified atom stereocenters. The minimum absolute atomic E-state index is 0.156. The highest BCUT2D eigenvalue weighted by Gasteiger charge is 2.19. The Bertz CT molecular complexity index is 863. The van der Waals surface area contributed by atoms with Crippen LogP contribution in [0.25, 0.3) is 10.8 Å². The van der Waals surface area contributed by atoms with Gasteiger partial charge in [-0.05, 0) is 41.5 Å². The van der Waals surface area contributed by atoms with Gasteiger partial charge in [0.2, 0.25) is 0 Å². The zero-order valence-electron chi connectivity index (χ0n) is 13.3. The molecular formula is C20H18FNO2. The van der Waals surface area contributed by atoms with Gasteiger partial charge in [-0.2, -0.15) is 0 Å². The molecule has 1 atom stereocenters. The summed E-state index contributed by atoms with van der Waals surface area (Å²) < 4.78 is 19.5. The van der Waals surface area contributed by atoms with Crippen LogP contribution in [0.1, 0.15) is 13.3 Å². The van der Waals surface area contributed by atoms with E-state index in [4.69, 9.17) is 4.74 Å². The van der Waals surface area contributed by atoms with Crippen LogP contribution >= 0.6 is 0 Å². The molecule has 24 heavy (non-hydrogen) atoms. The number of ether oxygens (including phenoxy) is 1. The van der Waals surface area contributed by atoms with Crippen LogP contribution in [0.15, 0.2) is 66.7 Å². The summed E-state index contributed by atoms with van der Waals surface area (Å²) in [5.74, 6) is -0.216. The van der Waals surface area contributed by atoms with Gasteiger partial charge in [-0.1, -0.05) is 49.4 Å². The molecule has 0 saturated heterocycles. The second-order valence-electron chi connectivity index (χ2n) is 5.49. The molecule has 0 saturated carbocycles. The minimum atomic E-state index is -0.689. The molecule has 0 aromatic heterocycles. The zero-order valence-corrected chi connectivity index (χ0v) is 13.3. The fourth-order valence-electron chi connectivity index (χ4n) is 2.50. The Morgan fingerprint density at radius 2 is 1.75 bits per heavy atom. The first kappa shape index (κ1) is 16.0. The van der Waals surface area contributed by atoms with Crippen molar-refractivity contribution in [3.8, 4) is 5.75 Å². The van der Waals surface area contributed by atoms with E-state index in [-0.39, 0.29) is 11.6 Å². The lowest BCUT2D eigenvalue weighted by atomic mass is 10.1. The average molecular weight is 323 g/mol. The van der Waals surface area contributed by atoms with E-state index in [0.717, 1.165) is 10.8 Å². The average Bonchev–Trinajstić information content (AvgIpc) is 2.61. The van der Waals surface area contributed by atoms with Gasteiger partial charge >= 0.3 is 0 Å². The van der Waals surface area contributed by atoms with E-state index in [0.29, 0.717) is 12.2 Å². The van der Waals surface area contributed by atoms with Gasteiger partial charge < -0.3 is 10.1 Å². The van der Waals surface area contributed by atoms with Crippen molar-refractivity contribution >= 4 is 22.4 Å². The van der Waals surface area contributed by atoms with Crippen LogP contribution in [0.5, 0.6) is 5.75 Å². The SMILES string of the molecule is CC[C@@H](Oc1ccc2ccccc2c1)C(=O)Nc1ccccc1F. The fourth-order valence-corrected chi connectivity index (χ4v) is 2.50. The molecule has 0 fully saturated rings. The number of benzene rings is 3. The van der Waals surface area contributed by atoms with Crippen molar-refractivity contribution < 1.29 is 13.9 Å². The Balaban J connectivity index is 1.75. The van der Waals surface area contributed by atoms with Crippen molar-refractivity contribution in [1.29, 1.82) is 0 Å². The molecule has 3 aromatic carbocycles. The number of fused-ring (bicyclic) bond motifs is 1. The van der Waals surface area contributed by atoms with Crippen molar-refractivity contribution in [1.82, 2.24) is 0 Å². The summed E-state index contributed by atoms with van der Waals surface area (Å²) in [5, 5.41) is 4.73. The molecule has 4 heteroatoms. The third-order valence-corrected chi connectivity index (χ3v) is 3.79. The van der Waals surface area contributed by atoms with Gasteiger partial charge in [0.15, 0.2) is 6.10 Å². The first-order chi connectivity index (χ1) is 11.7. The molecule has 0 heterocycles. The third-order valence-electron chi connectivity index (χ3n) is 3.79. The Morgan fingerprint density at radius 1 is 1.04 bits per heavy atom. The van der Waals surface area contributed by atoms with Crippen molar-refractivity contribution in [2.24, 2.45) is 0 Å². The quantitative estimate of drug-likeness (QED) is 0.734. The molecule has 3 aromatic rings. The van der Waals surface area contributed by atoms with Gasteiger partial charge in [0, 0.05) is 0 Å². The predicted molar refractivity (Wildman–Crippen MR) is 93.7 cm³/mol. The van der Waals surface area contributed by atoms with Crippen molar-refractivity contribution in [3.05, 3.63) is 72.5 Å². The van der Waals surface area contributed by atoms with Crippen molar-refractivity contribution in [2.75, 3.05) is 5.32 Å². The van der Waals surface area contributed by atoms with Crippen LogP contribution in [-0.4, -0.2) is 12.0 Å². The smallest absolute Gasteiger partial charge is 0.265 e. The molecule has 0 radical (unpaired) electrons. The first-order valence-corrected chi connectivity index (χ1v) is 7.88. The minimum Gasteiger partial charge on any atom is -0.481 e. The monoisotopic (exact) mass is 323 g/mol. The highest BCUT2D eigenvalue weighted by Crippen LogP contribution is 2.22. The molecule has 0 bridgehead atoms. The standard InChI is InChI=1S/C20H18FNO2/c1-2-19(20(23)22-18-10-6-5-9-17(18)21)24-16-12-11-14-7-3-4-8-15(14)13-16/h3-13,19H,2H2,1H3,(H,22,23)/t19-/m1/s1. The molecule has 0 aliphatic heterocycles. The fraction of sp³-hybridized carbons (Fsp3) is 0.150. The summed E-state index contributed by atoms with van der Waals surface area (Å²) in [6.07, 6.45) is -0.210. The predicted octanol–water partition coefficient (Wildman–Crippen LogP) is 4.78. The number of rotatable bonds is 5. The first-order valence-electron chi connectivity index (χ1n) is 7.88. The number of halogens is 1. The molecule has 0 aliphatic rings. The van der Waals surface area contributed by atoms with Gasteiger partial charge in [-0.25, -0.2) is 4.39 Å². The maximum Gasteiger partial charge on any atom is 0.265 e. The van der Waals surface area contributed by atoms with Crippen LogP contribution in [-0.2, 0) is 4.79 Å². The van der Waals surface area contributed by atoms with Crippen LogP contribution in [0.3, 0.4) is 0 Å². The second-order valence-corrected chi connectivity index (χ2v) is 5.49. The van der Waals surface area contributed by atoms with E-state index in [2.05, 4.69) is 5.32 Å². The molecule has 122 valence electrons. The maximum atomic E-state index is 13.7. The lowest BCUT2D eigenvalue weighted by molar-refractivity contribution is -0.122. The van der Waals surface area contributed by atoms with Crippen LogP contribution < -0.4 is 10.1 Å². The van der Waals surface area contributed by atoms with Crippen molar-refractivity contribution in [2.45, 2.75) is 19.4 Å². The maximum absolute atomic E-state index is 13.7. The summed E-state index contributed by atoms with van der Waals surface area (Å²) in [4.78, 5) is 12.4. The van der Waals surface area contributed by atoms with Crippen LogP contribution in [0.2, 0.25) is 0 Å². The number of nitrogens with one attached hydrogen (secondary N) is 1. The van der Waals surface area contributed by atoms with Gasteiger partial charge in [0.05, 0.1) is 5.69 Å². The lowest BCUT2D eigenvalue weighted by Gasteiger charge is -2.18. The van der Waals surface area contributed by atoms with Crippen LogP contribution in [0, 0.1) is 5.82 Å². The van der Waals surface area contributed by atoms with Crippen LogP contribution in [0.4, 0.5) is 10.1 Å². The van der Waals surface area contributed by atoms with Gasteiger partial charge in [-0.3, -0.25) is 4.79 Å². The zero-order chi connectivity index (χ0) is 16.9. The van der Waals surface area contributed by atoms with E-state index in [1.54, 1.807) is 12.1 Å². The van der Waals surface area contributed by atoms with Gasteiger partial charge in [0.1, 0.15) is 11.6 Å². The normalized spacial score (nSPS) is 11.9. The molecule has 3 rings (SSSR count). The number of carbonyl (C=O) groups excluding carboxylic acids is 1. The Kier molecular flexibility index (Phi) is 4.75. The summed E-state index contributed by atoms with van der Waals surface area (Å²) in [7, 11) is 0. The number of para-hydroxylation sites is 1. The van der Waals surface area contributed by atoms with E-state index in [1.165, 1.54) is 12.1 Å². The highest BCUT2D eigenvalue weighted by atomic mass is 19.1. The summed E-state index contributed by atoms with van der Waals surface area (Å²) in [6, 6.07) is 19.7. The third kappa shape index (κ3) is 3.54. The summed E-state index contributed by atoms with van der Waals surface area (Å²) >= 11 is 0. The highest BCUT2D eigenvalue weighted by molar-refractivity contribution is 5.94. The topological polar surface area (TPSA) is 38.3 Å². The second kappa shape index (κ2) is 7.13. The lowest BCUT2D eigenvalue weighted by Crippen LogP contribution is -2.32. The largest absolute Gasteiger partial charge is 0.481 e. The summed E-state index contributed by atoms with van der Waals surface area (Å²) in [6.45, 7) is 1.85. The van der Waals surface area contributed by atoms with E-state index in [9.17, 15) is 9.18 Å². The van der Waals surface area contributed by atoms with E-state index < -0.39 is 11.9 Å². The Morgan fingerprint density at radius 3 is 2.50 bits per heavy atom. The van der Waals surface area contributed by atoms with E-state index in [1.807, 2.05) is 49.4 Å². The van der Waals surface area contributed by atoms with Crippen molar-refractivity contribution in [3.63, 3.8) is 0 Å². The Labute approximate surface area is 140 Å². The van der Waals surface area contributed by atoms with E-state index >= 15 is 0 Å². The molecule has 1 amide bonds. The molecule has 0 aliphatic carbocycles. The number of anilines is 1. The van der Waals surface area contributed by atoms with Gasteiger partial charge in [0.25, 0.3) is 5.91 Å². The van der Waals surface area contributed by atoms with Gasteiger partial charge in [-0.15, -0.1) is 0 Å². The number of carbonyl (C=O) groups is 1. The number of hydrogen-bond acceptors (Lipinski definition) is 2. The molecular weight excluding hydrogens is 305 g/mol. The number of amides is 1. The number of hydrogen-bond donors (Lipinski definition) is 1. The molecule has 1 N–H and O–H groups in total. The molecule has 3 nitrogen and oxygen atoms in total. The summed E-state index contributed by atoms with van der Waals surface area (Å²) in [5.41, 5.74) is 0.156. The Hall–Kier alpha value is -2.88.